The molecule has 0 heterocycles. The molecule has 3 aromatic carbocycles. The van der Waals surface area contributed by atoms with Crippen molar-refractivity contribution in [3.05, 3.63) is 89.5 Å². The van der Waals surface area contributed by atoms with Gasteiger partial charge in [0, 0.05) is 5.56 Å². The first-order valence-electron chi connectivity index (χ1n) is 8.85. The molecular formula is C22H22N2O3S. The van der Waals surface area contributed by atoms with Crippen LogP contribution in [0, 0.1) is 6.92 Å². The molecule has 3 aromatic rings. The number of primary sulfonamides is 1. The Bertz CT molecular complexity index is 1090. The van der Waals surface area contributed by atoms with Gasteiger partial charge in [-0.25, -0.2) is 13.6 Å². The van der Waals surface area contributed by atoms with Crippen molar-refractivity contribution in [2.75, 3.05) is 0 Å². The molecule has 0 unspecified atom stereocenters. The molecule has 0 aliphatic carbocycles. The van der Waals surface area contributed by atoms with Gasteiger partial charge in [0.25, 0.3) is 5.91 Å². The molecule has 0 saturated heterocycles. The summed E-state index contributed by atoms with van der Waals surface area (Å²) >= 11 is 0. The molecule has 5 nitrogen and oxygen atoms in total. The normalized spacial score (nSPS) is 12.4. The van der Waals surface area contributed by atoms with E-state index in [0.717, 1.165) is 16.7 Å². The summed E-state index contributed by atoms with van der Waals surface area (Å²) in [5.41, 5.74) is 4.14. The minimum atomic E-state index is -3.87. The summed E-state index contributed by atoms with van der Waals surface area (Å²) in [6.45, 7) is 3.63. The number of hydrogen-bond acceptors (Lipinski definition) is 3. The predicted molar refractivity (Wildman–Crippen MR) is 110 cm³/mol. The van der Waals surface area contributed by atoms with E-state index in [1.165, 1.54) is 12.1 Å². The van der Waals surface area contributed by atoms with Crippen LogP contribution in [0.15, 0.2) is 77.7 Å². The second-order valence-electron chi connectivity index (χ2n) is 6.70. The third-order valence-electron chi connectivity index (χ3n) is 4.65. The largest absolute Gasteiger partial charge is 0.346 e. The number of benzene rings is 3. The first-order valence-corrected chi connectivity index (χ1v) is 10.4. The Hall–Kier alpha value is -2.96. The van der Waals surface area contributed by atoms with Crippen LogP contribution in [-0.4, -0.2) is 14.3 Å². The molecule has 6 heteroatoms. The molecule has 0 bridgehead atoms. The van der Waals surface area contributed by atoms with E-state index in [-0.39, 0.29) is 16.8 Å². The molecule has 0 spiro atoms. The third kappa shape index (κ3) is 4.47. The summed E-state index contributed by atoms with van der Waals surface area (Å²) in [5, 5.41) is 8.09. The lowest BCUT2D eigenvalue weighted by molar-refractivity contribution is 0.0939. The number of carbonyl (C=O) groups excluding carboxylic acids is 1. The molecule has 1 atom stereocenters. The van der Waals surface area contributed by atoms with E-state index in [1.54, 1.807) is 13.0 Å². The summed E-state index contributed by atoms with van der Waals surface area (Å²) in [7, 11) is -3.87. The van der Waals surface area contributed by atoms with E-state index in [4.69, 9.17) is 5.14 Å². The molecule has 0 saturated carbocycles. The van der Waals surface area contributed by atoms with Crippen LogP contribution in [0.4, 0.5) is 0 Å². The second kappa shape index (κ2) is 7.96. The Morgan fingerprint density at radius 2 is 1.54 bits per heavy atom. The highest BCUT2D eigenvalue weighted by molar-refractivity contribution is 7.89. The second-order valence-corrected chi connectivity index (χ2v) is 8.27. The maximum atomic E-state index is 12.7. The van der Waals surface area contributed by atoms with Crippen molar-refractivity contribution in [1.82, 2.24) is 5.32 Å². The molecule has 28 heavy (non-hydrogen) atoms. The van der Waals surface area contributed by atoms with E-state index in [0.29, 0.717) is 11.1 Å². The summed E-state index contributed by atoms with van der Waals surface area (Å²) in [4.78, 5) is 12.6. The van der Waals surface area contributed by atoms with Crippen LogP contribution in [0.5, 0.6) is 0 Å². The zero-order valence-electron chi connectivity index (χ0n) is 15.7. The smallest absolute Gasteiger partial charge is 0.252 e. The first-order chi connectivity index (χ1) is 13.3. The number of nitrogens with two attached hydrogens (primary N) is 1. The average molecular weight is 394 g/mol. The maximum absolute atomic E-state index is 12.7. The van der Waals surface area contributed by atoms with Crippen LogP contribution in [0.25, 0.3) is 11.1 Å². The van der Waals surface area contributed by atoms with Crippen molar-refractivity contribution in [2.45, 2.75) is 24.8 Å². The van der Waals surface area contributed by atoms with E-state index in [2.05, 4.69) is 5.32 Å². The summed E-state index contributed by atoms with van der Waals surface area (Å²) in [5.74, 6) is -0.345. The van der Waals surface area contributed by atoms with Crippen LogP contribution in [0.2, 0.25) is 0 Å². The highest BCUT2D eigenvalue weighted by atomic mass is 32.2. The van der Waals surface area contributed by atoms with E-state index in [9.17, 15) is 13.2 Å². The molecule has 1 amide bonds. The third-order valence-corrected chi connectivity index (χ3v) is 5.56. The van der Waals surface area contributed by atoms with Crippen molar-refractivity contribution in [2.24, 2.45) is 5.14 Å². The molecule has 3 rings (SSSR count). The zero-order valence-corrected chi connectivity index (χ0v) is 16.5. The van der Waals surface area contributed by atoms with Crippen molar-refractivity contribution in [3.63, 3.8) is 0 Å². The van der Waals surface area contributed by atoms with Crippen LogP contribution in [-0.2, 0) is 10.0 Å². The van der Waals surface area contributed by atoms with E-state index >= 15 is 0 Å². The van der Waals surface area contributed by atoms with Gasteiger partial charge in [-0.15, -0.1) is 0 Å². The Balaban J connectivity index is 1.78. The minimum Gasteiger partial charge on any atom is -0.346 e. The molecule has 0 aromatic heterocycles. The molecule has 0 aliphatic rings. The number of aryl methyl sites for hydroxylation is 1. The van der Waals surface area contributed by atoms with Gasteiger partial charge < -0.3 is 5.32 Å². The molecular weight excluding hydrogens is 372 g/mol. The first kappa shape index (κ1) is 19.8. The fraction of sp³-hybridized carbons (Fsp3) is 0.136. The lowest BCUT2D eigenvalue weighted by Crippen LogP contribution is -2.27. The average Bonchev–Trinajstić information content (AvgIpc) is 2.68. The number of carbonyl (C=O) groups is 1. The standard InChI is InChI=1S/C22H22N2O3S/c1-15-8-13-20(28(23,26)27)14-21(15)22(25)24-16(2)17-9-11-19(12-10-17)18-6-4-3-5-7-18/h3-14,16H,1-2H3,(H,24,25)(H2,23,26,27)/t16-/m1/s1. The van der Waals surface area contributed by atoms with Crippen molar-refractivity contribution < 1.29 is 13.2 Å². The maximum Gasteiger partial charge on any atom is 0.252 e. The number of nitrogens with one attached hydrogen (secondary N) is 1. The fourth-order valence-electron chi connectivity index (χ4n) is 2.98. The molecule has 0 fully saturated rings. The number of hydrogen-bond donors (Lipinski definition) is 2. The SMILES string of the molecule is Cc1ccc(S(N)(=O)=O)cc1C(=O)N[C@H](C)c1ccc(-c2ccccc2)cc1. The van der Waals surface area contributed by atoms with Crippen molar-refractivity contribution in [1.29, 1.82) is 0 Å². The van der Waals surface area contributed by atoms with E-state index in [1.807, 2.05) is 61.5 Å². The fourth-order valence-corrected chi connectivity index (χ4v) is 3.52. The van der Waals surface area contributed by atoms with Gasteiger partial charge in [-0.3, -0.25) is 4.79 Å². The Labute approximate surface area is 165 Å². The van der Waals surface area contributed by atoms with Crippen LogP contribution >= 0.6 is 0 Å². The van der Waals surface area contributed by atoms with E-state index < -0.39 is 10.0 Å². The topological polar surface area (TPSA) is 89.3 Å². The Kier molecular flexibility index (Phi) is 5.63. The number of amides is 1. The van der Waals surface area contributed by atoms with Gasteiger partial charge in [0.2, 0.25) is 10.0 Å². The van der Waals surface area contributed by atoms with Gasteiger partial charge in [0.1, 0.15) is 0 Å². The van der Waals surface area contributed by atoms with Crippen LogP contribution in [0.3, 0.4) is 0 Å². The lowest BCUT2D eigenvalue weighted by atomic mass is 10.0. The highest BCUT2D eigenvalue weighted by Crippen LogP contribution is 2.22. The highest BCUT2D eigenvalue weighted by Gasteiger charge is 2.17. The van der Waals surface area contributed by atoms with Gasteiger partial charge in [0.15, 0.2) is 0 Å². The van der Waals surface area contributed by atoms with Crippen molar-refractivity contribution in [3.8, 4) is 11.1 Å². The van der Waals surface area contributed by atoms with Gasteiger partial charge >= 0.3 is 0 Å². The van der Waals surface area contributed by atoms with Gasteiger partial charge in [-0.1, -0.05) is 60.7 Å². The Morgan fingerprint density at radius 1 is 0.929 bits per heavy atom. The van der Waals surface area contributed by atoms with Crippen LogP contribution in [0.1, 0.15) is 34.5 Å². The van der Waals surface area contributed by atoms with Crippen LogP contribution < -0.4 is 10.5 Å². The van der Waals surface area contributed by atoms with Gasteiger partial charge in [-0.2, -0.15) is 0 Å². The summed E-state index contributed by atoms with van der Waals surface area (Å²) in [6, 6.07) is 22.1. The quantitative estimate of drug-likeness (QED) is 0.690. The zero-order chi connectivity index (χ0) is 20.3. The molecule has 0 aliphatic heterocycles. The summed E-state index contributed by atoms with van der Waals surface area (Å²) in [6.07, 6.45) is 0. The molecule has 0 radical (unpaired) electrons. The lowest BCUT2D eigenvalue weighted by Gasteiger charge is -2.16. The predicted octanol–water partition coefficient (Wildman–Crippen LogP) is 3.80. The minimum absolute atomic E-state index is 0.0804. The number of sulfonamides is 1. The summed E-state index contributed by atoms with van der Waals surface area (Å²) < 4.78 is 23.1. The molecule has 3 N–H and O–H groups in total. The Morgan fingerprint density at radius 3 is 2.14 bits per heavy atom. The van der Waals surface area contributed by atoms with Gasteiger partial charge in [-0.05, 0) is 48.2 Å². The monoisotopic (exact) mass is 394 g/mol. The van der Waals surface area contributed by atoms with Crippen molar-refractivity contribution >= 4 is 15.9 Å². The molecule has 144 valence electrons. The number of rotatable bonds is 5. The van der Waals surface area contributed by atoms with Gasteiger partial charge in [0.05, 0.1) is 10.9 Å².